The van der Waals surface area contributed by atoms with Gasteiger partial charge in [0.15, 0.2) is 0 Å². The summed E-state index contributed by atoms with van der Waals surface area (Å²) in [6.07, 6.45) is 4.52. The minimum atomic E-state index is -0.00136. The lowest BCUT2D eigenvalue weighted by Gasteiger charge is -2.40. The molecule has 0 unspecified atom stereocenters. The molecule has 0 bridgehead atoms. The van der Waals surface area contributed by atoms with Gasteiger partial charge in [-0.05, 0) is 72.9 Å². The molecule has 3 aromatic rings. The van der Waals surface area contributed by atoms with Crippen molar-refractivity contribution >= 4 is 28.6 Å². The number of rotatable bonds is 5. The van der Waals surface area contributed by atoms with Gasteiger partial charge in [-0.15, -0.1) is 0 Å². The van der Waals surface area contributed by atoms with Crippen LogP contribution >= 0.6 is 0 Å². The van der Waals surface area contributed by atoms with Gasteiger partial charge in [0.25, 0.3) is 5.91 Å². The van der Waals surface area contributed by atoms with Gasteiger partial charge in [0.1, 0.15) is 0 Å². The van der Waals surface area contributed by atoms with E-state index < -0.39 is 0 Å². The Morgan fingerprint density at radius 1 is 1.16 bits per heavy atom. The number of aromatic nitrogens is 2. The Labute approximate surface area is 191 Å². The second-order valence-corrected chi connectivity index (χ2v) is 10.5. The normalized spacial score (nSPS) is 20.3. The number of hydrogen-bond donors (Lipinski definition) is 1. The standard InChI is InChI=1S/C27H36N4O/c1-7-19-8-11-21(12-9-19)28-26-29-23-15-20(25(32)30(5)6)10-13-24(23)31(26)22-14-18(2)16-27(3,4)17-22/h8-13,15,18,22H,7,14,16-17H2,1-6H3,(H,28,29)/t18-,22+/m0/s1. The van der Waals surface area contributed by atoms with E-state index in [-0.39, 0.29) is 5.91 Å². The number of benzene rings is 2. The van der Waals surface area contributed by atoms with Crippen molar-refractivity contribution in [1.29, 1.82) is 0 Å². The maximum atomic E-state index is 12.5. The fourth-order valence-electron chi connectivity index (χ4n) is 5.39. The molecule has 1 fully saturated rings. The molecule has 0 spiro atoms. The monoisotopic (exact) mass is 432 g/mol. The smallest absolute Gasteiger partial charge is 0.253 e. The molecule has 1 aliphatic carbocycles. The molecule has 1 N–H and O–H groups in total. The van der Waals surface area contributed by atoms with E-state index in [9.17, 15) is 4.79 Å². The number of carbonyl (C=O) groups excluding carboxylic acids is 1. The minimum absolute atomic E-state index is 0.00136. The highest BCUT2D eigenvalue weighted by molar-refractivity contribution is 5.97. The summed E-state index contributed by atoms with van der Waals surface area (Å²) in [4.78, 5) is 19.1. The van der Waals surface area contributed by atoms with Crippen LogP contribution < -0.4 is 5.32 Å². The van der Waals surface area contributed by atoms with E-state index in [0.717, 1.165) is 41.9 Å². The largest absolute Gasteiger partial charge is 0.345 e. The first kappa shape index (κ1) is 22.4. The van der Waals surface area contributed by atoms with Crippen molar-refractivity contribution in [2.75, 3.05) is 19.4 Å². The number of amides is 1. The van der Waals surface area contributed by atoms with Crippen molar-refractivity contribution in [3.63, 3.8) is 0 Å². The van der Waals surface area contributed by atoms with E-state index in [1.807, 2.05) is 12.1 Å². The summed E-state index contributed by atoms with van der Waals surface area (Å²) in [5.74, 6) is 1.51. The summed E-state index contributed by atoms with van der Waals surface area (Å²) >= 11 is 0. The molecule has 0 radical (unpaired) electrons. The van der Waals surface area contributed by atoms with Gasteiger partial charge in [-0.25, -0.2) is 4.98 Å². The van der Waals surface area contributed by atoms with Gasteiger partial charge >= 0.3 is 0 Å². The van der Waals surface area contributed by atoms with Crippen LogP contribution in [0.15, 0.2) is 42.5 Å². The molecular formula is C27H36N4O. The highest BCUT2D eigenvalue weighted by Crippen LogP contribution is 2.46. The molecule has 5 nitrogen and oxygen atoms in total. The number of nitrogens with one attached hydrogen (secondary N) is 1. The van der Waals surface area contributed by atoms with Gasteiger partial charge in [0, 0.05) is 31.4 Å². The molecule has 5 heteroatoms. The lowest BCUT2D eigenvalue weighted by molar-refractivity contribution is 0.0827. The first-order valence-corrected chi connectivity index (χ1v) is 11.8. The molecule has 2 atom stereocenters. The molecule has 1 aliphatic rings. The van der Waals surface area contributed by atoms with Crippen LogP contribution in [0.3, 0.4) is 0 Å². The van der Waals surface area contributed by atoms with Crippen LogP contribution in [0.1, 0.15) is 68.9 Å². The van der Waals surface area contributed by atoms with Crippen LogP contribution in [0.25, 0.3) is 11.0 Å². The van der Waals surface area contributed by atoms with Crippen molar-refractivity contribution < 1.29 is 4.79 Å². The minimum Gasteiger partial charge on any atom is -0.345 e. The summed E-state index contributed by atoms with van der Waals surface area (Å²) in [6, 6.07) is 14.9. The number of fused-ring (bicyclic) bond motifs is 1. The highest BCUT2D eigenvalue weighted by Gasteiger charge is 2.34. The third-order valence-electron chi connectivity index (χ3n) is 6.69. The van der Waals surface area contributed by atoms with E-state index in [2.05, 4.69) is 67.9 Å². The second-order valence-electron chi connectivity index (χ2n) is 10.5. The molecule has 1 aromatic heterocycles. The van der Waals surface area contributed by atoms with Crippen molar-refractivity contribution in [3.8, 4) is 0 Å². The highest BCUT2D eigenvalue weighted by atomic mass is 16.2. The van der Waals surface area contributed by atoms with E-state index in [0.29, 0.717) is 22.9 Å². The fraction of sp³-hybridized carbons (Fsp3) is 0.481. The van der Waals surface area contributed by atoms with Crippen LogP contribution in [0.5, 0.6) is 0 Å². The number of aryl methyl sites for hydroxylation is 1. The van der Waals surface area contributed by atoms with E-state index >= 15 is 0 Å². The van der Waals surface area contributed by atoms with Gasteiger partial charge in [0.05, 0.1) is 11.0 Å². The lowest BCUT2D eigenvalue weighted by Crippen LogP contribution is -2.29. The zero-order valence-electron chi connectivity index (χ0n) is 20.3. The molecule has 2 aromatic carbocycles. The van der Waals surface area contributed by atoms with Gasteiger partial charge in [0.2, 0.25) is 5.95 Å². The average molecular weight is 433 g/mol. The molecule has 0 aliphatic heterocycles. The number of carbonyl (C=O) groups is 1. The number of anilines is 2. The Hall–Kier alpha value is -2.82. The number of imidazole rings is 1. The summed E-state index contributed by atoms with van der Waals surface area (Å²) < 4.78 is 2.38. The molecule has 1 amide bonds. The predicted octanol–water partition coefficient (Wildman–Crippen LogP) is 6.43. The summed E-state index contributed by atoms with van der Waals surface area (Å²) in [5.41, 5.74) is 5.26. The first-order chi connectivity index (χ1) is 15.2. The Bertz CT molecular complexity index is 1110. The maximum absolute atomic E-state index is 12.5. The van der Waals surface area contributed by atoms with Crippen LogP contribution in [0.4, 0.5) is 11.6 Å². The van der Waals surface area contributed by atoms with Crippen molar-refractivity contribution in [1.82, 2.24) is 14.5 Å². The fourth-order valence-corrected chi connectivity index (χ4v) is 5.39. The molecule has 4 rings (SSSR count). The van der Waals surface area contributed by atoms with E-state index in [1.54, 1.807) is 19.0 Å². The van der Waals surface area contributed by atoms with Gasteiger partial charge < -0.3 is 14.8 Å². The van der Waals surface area contributed by atoms with Crippen LogP contribution in [0, 0.1) is 11.3 Å². The first-order valence-electron chi connectivity index (χ1n) is 11.8. The summed E-state index contributed by atoms with van der Waals surface area (Å²) in [7, 11) is 3.56. The van der Waals surface area contributed by atoms with Gasteiger partial charge in [-0.2, -0.15) is 0 Å². The molecule has 1 saturated carbocycles. The van der Waals surface area contributed by atoms with Crippen LogP contribution in [0.2, 0.25) is 0 Å². The molecule has 32 heavy (non-hydrogen) atoms. The van der Waals surface area contributed by atoms with Crippen molar-refractivity contribution in [2.24, 2.45) is 11.3 Å². The maximum Gasteiger partial charge on any atom is 0.253 e. The van der Waals surface area contributed by atoms with Crippen LogP contribution in [-0.2, 0) is 6.42 Å². The Morgan fingerprint density at radius 2 is 1.88 bits per heavy atom. The molecule has 170 valence electrons. The topological polar surface area (TPSA) is 50.2 Å². The third kappa shape index (κ3) is 4.52. The van der Waals surface area contributed by atoms with E-state index in [1.165, 1.54) is 12.0 Å². The lowest BCUT2D eigenvalue weighted by atomic mass is 9.70. The molecule has 1 heterocycles. The average Bonchev–Trinajstić information content (AvgIpc) is 3.09. The predicted molar refractivity (Wildman–Crippen MR) is 133 cm³/mol. The number of hydrogen-bond acceptors (Lipinski definition) is 3. The Morgan fingerprint density at radius 3 is 2.50 bits per heavy atom. The zero-order chi connectivity index (χ0) is 23.0. The quantitative estimate of drug-likeness (QED) is 0.505. The number of nitrogens with zero attached hydrogens (tertiary/aromatic N) is 3. The van der Waals surface area contributed by atoms with Crippen molar-refractivity contribution in [3.05, 3.63) is 53.6 Å². The molecular weight excluding hydrogens is 396 g/mol. The molecule has 0 saturated heterocycles. The third-order valence-corrected chi connectivity index (χ3v) is 6.69. The zero-order valence-corrected chi connectivity index (χ0v) is 20.3. The summed E-state index contributed by atoms with van der Waals surface area (Å²) in [6.45, 7) is 9.27. The van der Waals surface area contributed by atoms with Gasteiger partial charge in [-0.3, -0.25) is 4.79 Å². The van der Waals surface area contributed by atoms with E-state index in [4.69, 9.17) is 4.98 Å². The second kappa shape index (κ2) is 8.61. The van der Waals surface area contributed by atoms with Crippen molar-refractivity contribution in [2.45, 2.75) is 59.4 Å². The SMILES string of the molecule is CCc1ccc(Nc2nc3cc(C(=O)N(C)C)ccc3n2[C@@H]2C[C@H](C)CC(C)(C)C2)cc1. The Balaban J connectivity index is 1.80. The summed E-state index contributed by atoms with van der Waals surface area (Å²) in [5, 5.41) is 3.58. The van der Waals surface area contributed by atoms with Gasteiger partial charge in [-0.1, -0.05) is 39.8 Å². The van der Waals surface area contributed by atoms with Crippen LogP contribution in [-0.4, -0.2) is 34.5 Å². The Kier molecular flexibility index (Phi) is 6.02.